The summed E-state index contributed by atoms with van der Waals surface area (Å²) >= 11 is 0. The molecule has 0 aliphatic carbocycles. The molecule has 0 fully saturated rings. The molecule has 0 unspecified atom stereocenters. The summed E-state index contributed by atoms with van der Waals surface area (Å²) < 4.78 is 0. The van der Waals surface area contributed by atoms with Crippen LogP contribution in [-0.2, 0) is 0 Å². The fourth-order valence-corrected chi connectivity index (χ4v) is 4.50. The average molecular weight is 459 g/mol. The van der Waals surface area contributed by atoms with Gasteiger partial charge in [0.25, 0.3) is 5.91 Å². The van der Waals surface area contributed by atoms with Crippen LogP contribution >= 0.6 is 0 Å². The molecular formula is C29H38N4O. The average Bonchev–Trinajstić information content (AvgIpc) is 2.85. The fraction of sp³-hybridized carbons (Fsp3) is 0.414. The summed E-state index contributed by atoms with van der Waals surface area (Å²) in [5.74, 6) is 1.16. The molecule has 3 aromatic rings. The third-order valence-electron chi connectivity index (χ3n) is 6.26. The lowest BCUT2D eigenvalue weighted by atomic mass is 9.90. The summed E-state index contributed by atoms with van der Waals surface area (Å²) in [6, 6.07) is 15.7. The molecule has 180 valence electrons. The van der Waals surface area contributed by atoms with Gasteiger partial charge in [-0.1, -0.05) is 58.2 Å². The molecule has 0 radical (unpaired) electrons. The molecule has 1 aromatic heterocycles. The van der Waals surface area contributed by atoms with Crippen molar-refractivity contribution in [3.63, 3.8) is 0 Å². The molecule has 0 bridgehead atoms. The van der Waals surface area contributed by atoms with Crippen LogP contribution in [0.1, 0.15) is 75.2 Å². The number of carbonyl (C=O) groups excluding carboxylic acids is 1. The quantitative estimate of drug-likeness (QED) is 0.289. The molecule has 0 atom stereocenters. The van der Waals surface area contributed by atoms with E-state index in [2.05, 4.69) is 50.5 Å². The predicted molar refractivity (Wildman–Crippen MR) is 145 cm³/mol. The smallest absolute Gasteiger partial charge is 0.251 e. The van der Waals surface area contributed by atoms with E-state index in [1.165, 1.54) is 5.71 Å². The van der Waals surface area contributed by atoms with Crippen molar-refractivity contribution in [1.82, 2.24) is 10.3 Å². The van der Waals surface area contributed by atoms with Crippen LogP contribution in [0.15, 0.2) is 53.5 Å². The van der Waals surface area contributed by atoms with Crippen molar-refractivity contribution in [3.8, 4) is 0 Å². The lowest BCUT2D eigenvalue weighted by Crippen LogP contribution is -2.17. The Labute approximate surface area is 204 Å². The first-order valence-electron chi connectivity index (χ1n) is 12.6. The van der Waals surface area contributed by atoms with Gasteiger partial charge in [0.05, 0.1) is 5.52 Å². The molecule has 5 heteroatoms. The Balaban J connectivity index is 2.11. The summed E-state index contributed by atoms with van der Waals surface area (Å²) in [6.45, 7) is 8.87. The van der Waals surface area contributed by atoms with E-state index in [-0.39, 0.29) is 5.91 Å². The fourth-order valence-electron chi connectivity index (χ4n) is 4.50. The van der Waals surface area contributed by atoms with E-state index >= 15 is 0 Å². The van der Waals surface area contributed by atoms with E-state index < -0.39 is 0 Å². The second-order valence-electron chi connectivity index (χ2n) is 8.86. The molecule has 2 aromatic carbocycles. The maximum atomic E-state index is 11.9. The molecule has 3 rings (SSSR count). The number of hydrogen-bond donors (Lipinski definition) is 2. The van der Waals surface area contributed by atoms with Gasteiger partial charge in [-0.15, -0.1) is 0 Å². The summed E-state index contributed by atoms with van der Waals surface area (Å²) in [4.78, 5) is 22.2. The Morgan fingerprint density at radius 1 is 0.971 bits per heavy atom. The Bertz CT molecular complexity index is 1130. The molecule has 1 heterocycles. The molecule has 0 spiro atoms. The molecule has 2 N–H and O–H groups in total. The van der Waals surface area contributed by atoms with Crippen molar-refractivity contribution in [2.75, 3.05) is 12.4 Å². The summed E-state index contributed by atoms with van der Waals surface area (Å²) in [6.07, 6.45) is 6.72. The molecule has 0 aliphatic rings. The van der Waals surface area contributed by atoms with Gasteiger partial charge in [0.2, 0.25) is 0 Å². The first kappa shape index (κ1) is 25.4. The highest BCUT2D eigenvalue weighted by Gasteiger charge is 2.18. The number of carbonyl (C=O) groups is 1. The Morgan fingerprint density at radius 2 is 1.65 bits per heavy atom. The SMILES string of the molecule is CCCC(=Nc1c(Nc2ccc(C(=O)NC)cc2)nc2ccccc2c1C)C(CCC)CCC. The number of benzene rings is 2. The second-order valence-corrected chi connectivity index (χ2v) is 8.86. The van der Waals surface area contributed by atoms with Gasteiger partial charge in [-0.25, -0.2) is 4.98 Å². The van der Waals surface area contributed by atoms with Crippen LogP contribution in [0.4, 0.5) is 17.2 Å². The largest absolute Gasteiger partial charge is 0.355 e. The van der Waals surface area contributed by atoms with Crippen LogP contribution in [0.5, 0.6) is 0 Å². The number of anilines is 2. The number of amides is 1. The van der Waals surface area contributed by atoms with Crippen LogP contribution in [0.2, 0.25) is 0 Å². The van der Waals surface area contributed by atoms with Gasteiger partial charge in [-0.05, 0) is 68.0 Å². The van der Waals surface area contributed by atoms with Crippen LogP contribution in [0, 0.1) is 12.8 Å². The first-order valence-corrected chi connectivity index (χ1v) is 12.6. The van der Waals surface area contributed by atoms with E-state index in [9.17, 15) is 4.79 Å². The van der Waals surface area contributed by atoms with Crippen LogP contribution in [-0.4, -0.2) is 23.7 Å². The van der Waals surface area contributed by atoms with Gasteiger partial charge in [-0.3, -0.25) is 9.79 Å². The summed E-state index contributed by atoms with van der Waals surface area (Å²) in [7, 11) is 1.64. The minimum absolute atomic E-state index is 0.0985. The van der Waals surface area contributed by atoms with Gasteiger partial charge >= 0.3 is 0 Å². The summed E-state index contributed by atoms with van der Waals surface area (Å²) in [5, 5.41) is 7.28. The maximum absolute atomic E-state index is 11.9. The Kier molecular flexibility index (Phi) is 9.20. The lowest BCUT2D eigenvalue weighted by molar-refractivity contribution is 0.0963. The van der Waals surface area contributed by atoms with Gasteiger partial charge in [0, 0.05) is 29.4 Å². The minimum Gasteiger partial charge on any atom is -0.355 e. The Morgan fingerprint density at radius 3 is 2.26 bits per heavy atom. The van der Waals surface area contributed by atoms with Gasteiger partial charge < -0.3 is 10.6 Å². The molecule has 0 saturated heterocycles. The zero-order valence-electron chi connectivity index (χ0n) is 21.2. The number of para-hydroxylation sites is 1. The molecule has 1 amide bonds. The van der Waals surface area contributed by atoms with Crippen molar-refractivity contribution in [3.05, 3.63) is 59.7 Å². The van der Waals surface area contributed by atoms with Crippen LogP contribution < -0.4 is 10.6 Å². The number of aryl methyl sites for hydroxylation is 1. The zero-order chi connectivity index (χ0) is 24.5. The van der Waals surface area contributed by atoms with Gasteiger partial charge in [-0.2, -0.15) is 0 Å². The molecule has 34 heavy (non-hydrogen) atoms. The van der Waals surface area contributed by atoms with E-state index in [0.717, 1.165) is 72.2 Å². The van der Waals surface area contributed by atoms with Crippen molar-refractivity contribution < 1.29 is 4.79 Å². The van der Waals surface area contributed by atoms with E-state index in [1.807, 2.05) is 36.4 Å². The molecular weight excluding hydrogens is 420 g/mol. The monoisotopic (exact) mass is 458 g/mol. The Hall–Kier alpha value is -3.21. The van der Waals surface area contributed by atoms with E-state index in [4.69, 9.17) is 9.98 Å². The second kappa shape index (κ2) is 12.3. The van der Waals surface area contributed by atoms with E-state index in [0.29, 0.717) is 11.5 Å². The van der Waals surface area contributed by atoms with Gasteiger partial charge in [0.15, 0.2) is 5.82 Å². The van der Waals surface area contributed by atoms with Gasteiger partial charge in [0.1, 0.15) is 5.69 Å². The zero-order valence-corrected chi connectivity index (χ0v) is 21.2. The number of pyridine rings is 1. The van der Waals surface area contributed by atoms with Crippen molar-refractivity contribution >= 4 is 39.7 Å². The van der Waals surface area contributed by atoms with E-state index in [1.54, 1.807) is 7.05 Å². The highest BCUT2D eigenvalue weighted by Crippen LogP contribution is 2.36. The lowest BCUT2D eigenvalue weighted by Gasteiger charge is -2.20. The number of rotatable bonds is 11. The number of hydrogen-bond acceptors (Lipinski definition) is 4. The molecule has 0 aliphatic heterocycles. The standard InChI is InChI=1S/C29H38N4O/c1-6-11-21(12-7-2)25(13-8-3)32-27-20(4)24-14-9-10-15-26(24)33-28(27)31-23-18-16-22(17-19-23)29(34)30-5/h9-10,14-19,21H,6-8,11-13H2,1-5H3,(H,30,34)(H,31,33). The maximum Gasteiger partial charge on any atom is 0.251 e. The topological polar surface area (TPSA) is 66.4 Å². The highest BCUT2D eigenvalue weighted by molar-refractivity contribution is 5.97. The van der Waals surface area contributed by atoms with Crippen molar-refractivity contribution in [2.45, 2.75) is 66.2 Å². The number of aromatic nitrogens is 1. The first-order chi connectivity index (χ1) is 16.5. The number of fused-ring (bicyclic) bond motifs is 1. The molecule has 0 saturated carbocycles. The van der Waals surface area contributed by atoms with Crippen molar-refractivity contribution in [1.29, 1.82) is 0 Å². The third kappa shape index (κ3) is 6.02. The normalized spacial score (nSPS) is 11.8. The van der Waals surface area contributed by atoms with Crippen LogP contribution in [0.25, 0.3) is 10.9 Å². The minimum atomic E-state index is -0.0985. The predicted octanol–water partition coefficient (Wildman–Crippen LogP) is 7.74. The molecule has 5 nitrogen and oxygen atoms in total. The number of nitrogens with zero attached hydrogens (tertiary/aromatic N) is 2. The van der Waals surface area contributed by atoms with Crippen molar-refractivity contribution in [2.24, 2.45) is 10.9 Å². The number of nitrogens with one attached hydrogen (secondary N) is 2. The third-order valence-corrected chi connectivity index (χ3v) is 6.26. The summed E-state index contributed by atoms with van der Waals surface area (Å²) in [5.41, 5.74) is 5.77. The number of aliphatic imine (C=N–C) groups is 1. The highest BCUT2D eigenvalue weighted by atomic mass is 16.1. The van der Waals surface area contributed by atoms with Crippen LogP contribution in [0.3, 0.4) is 0 Å².